The number of hydrogen-bond donors (Lipinski definition) is 0. The number of nitrogens with zero attached hydrogens (tertiary/aromatic N) is 2. The first kappa shape index (κ1) is 12.8. The summed E-state index contributed by atoms with van der Waals surface area (Å²) in [4.78, 5) is 6.51. The van der Waals surface area contributed by atoms with Gasteiger partial charge in [0, 0.05) is 13.1 Å². The van der Waals surface area contributed by atoms with E-state index in [1.807, 2.05) is 0 Å². The number of benzene rings is 1. The van der Waals surface area contributed by atoms with Crippen molar-refractivity contribution >= 4 is 16.9 Å². The maximum absolute atomic E-state index is 12.9. The first-order valence-electron chi connectivity index (χ1n) is 6.09. The second kappa shape index (κ2) is 4.44. The number of rotatable bonds is 1. The lowest BCUT2D eigenvalue weighted by molar-refractivity contribution is -0.138. The molecule has 0 bridgehead atoms. The van der Waals surface area contributed by atoms with Crippen molar-refractivity contribution in [1.82, 2.24) is 4.90 Å². The molecule has 2 aliphatic rings. The summed E-state index contributed by atoms with van der Waals surface area (Å²) < 4.78 is 38.7. The van der Waals surface area contributed by atoms with Crippen LogP contribution in [-0.4, -0.2) is 29.7 Å². The van der Waals surface area contributed by atoms with Gasteiger partial charge in [0.25, 0.3) is 0 Å². The molecule has 1 fully saturated rings. The summed E-state index contributed by atoms with van der Waals surface area (Å²) in [6, 6.07) is 4.44. The monoisotopic (exact) mass is 286 g/mol. The van der Waals surface area contributed by atoms with E-state index in [9.17, 15) is 13.2 Å². The predicted molar refractivity (Wildman–Crippen MR) is 70.4 cm³/mol. The number of hydrogen-bond acceptors (Lipinski definition) is 3. The van der Waals surface area contributed by atoms with Gasteiger partial charge in [0.15, 0.2) is 5.17 Å². The van der Waals surface area contributed by atoms with Crippen LogP contribution in [0.15, 0.2) is 23.2 Å². The lowest BCUT2D eigenvalue weighted by Gasteiger charge is -2.17. The van der Waals surface area contributed by atoms with Gasteiger partial charge in [-0.05, 0) is 24.1 Å². The molecule has 3 rings (SSSR count). The molecular formula is C13H13F3N2S. The second-order valence-corrected chi connectivity index (χ2v) is 5.90. The molecule has 6 heteroatoms. The minimum Gasteiger partial charge on any atom is -0.348 e. The van der Waals surface area contributed by atoms with Crippen LogP contribution in [0, 0.1) is 6.92 Å². The van der Waals surface area contributed by atoms with E-state index in [-0.39, 0.29) is 5.25 Å². The Bertz CT molecular complexity index is 539. The first-order valence-corrected chi connectivity index (χ1v) is 6.97. The maximum Gasteiger partial charge on any atom is 0.416 e. The molecule has 2 nitrogen and oxygen atoms in total. The van der Waals surface area contributed by atoms with Crippen molar-refractivity contribution < 1.29 is 13.2 Å². The third kappa shape index (κ3) is 2.22. The zero-order chi connectivity index (χ0) is 13.6. The van der Waals surface area contributed by atoms with E-state index in [4.69, 9.17) is 0 Å². The van der Waals surface area contributed by atoms with Crippen molar-refractivity contribution in [3.8, 4) is 0 Å². The third-order valence-electron chi connectivity index (χ3n) is 3.55. The van der Waals surface area contributed by atoms with E-state index < -0.39 is 11.7 Å². The molecule has 1 saturated heterocycles. The van der Waals surface area contributed by atoms with Crippen molar-refractivity contribution in [3.05, 3.63) is 34.9 Å². The molecule has 0 aliphatic carbocycles. The summed E-state index contributed by atoms with van der Waals surface area (Å²) in [5.41, 5.74) is 0.589. The van der Waals surface area contributed by atoms with E-state index in [0.717, 1.165) is 36.4 Å². The highest BCUT2D eigenvalue weighted by Gasteiger charge is 2.37. The van der Waals surface area contributed by atoms with Gasteiger partial charge in [-0.2, -0.15) is 13.2 Å². The van der Waals surface area contributed by atoms with Gasteiger partial charge in [0.05, 0.1) is 17.4 Å². The van der Waals surface area contributed by atoms with Gasteiger partial charge < -0.3 is 4.90 Å². The Labute approximate surface area is 113 Å². The maximum atomic E-state index is 12.9. The smallest absolute Gasteiger partial charge is 0.348 e. The average molecular weight is 286 g/mol. The standard InChI is InChI=1S/C13H13F3N2S/c1-8-9(3-2-4-10(8)13(14,15)16)11-7-18-6-5-17-12(18)19-11/h2-4,11H,5-7H2,1H3. The van der Waals surface area contributed by atoms with Crippen molar-refractivity contribution in [1.29, 1.82) is 0 Å². The van der Waals surface area contributed by atoms with E-state index >= 15 is 0 Å². The van der Waals surface area contributed by atoms with Crippen LogP contribution < -0.4 is 0 Å². The number of fused-ring (bicyclic) bond motifs is 1. The molecule has 0 saturated carbocycles. The van der Waals surface area contributed by atoms with Crippen molar-refractivity contribution in [2.24, 2.45) is 4.99 Å². The van der Waals surface area contributed by atoms with Gasteiger partial charge in [-0.1, -0.05) is 23.9 Å². The summed E-state index contributed by atoms with van der Waals surface area (Å²) >= 11 is 1.58. The number of aliphatic imine (C=N–C) groups is 1. The van der Waals surface area contributed by atoms with Crippen LogP contribution in [0.5, 0.6) is 0 Å². The molecule has 1 unspecified atom stereocenters. The highest BCUT2D eigenvalue weighted by Crippen LogP contribution is 2.43. The second-order valence-electron chi connectivity index (χ2n) is 4.73. The van der Waals surface area contributed by atoms with Gasteiger partial charge >= 0.3 is 6.18 Å². The summed E-state index contributed by atoms with van der Waals surface area (Å²) in [5.74, 6) is 0. The fourth-order valence-electron chi connectivity index (χ4n) is 2.58. The van der Waals surface area contributed by atoms with E-state index in [1.165, 1.54) is 6.07 Å². The molecule has 19 heavy (non-hydrogen) atoms. The molecule has 0 N–H and O–H groups in total. The van der Waals surface area contributed by atoms with Crippen LogP contribution in [0.4, 0.5) is 13.2 Å². The molecule has 0 radical (unpaired) electrons. The Morgan fingerprint density at radius 3 is 2.84 bits per heavy atom. The average Bonchev–Trinajstić information content (AvgIpc) is 2.87. The van der Waals surface area contributed by atoms with Gasteiger partial charge in [0.1, 0.15) is 0 Å². The summed E-state index contributed by atoms with van der Waals surface area (Å²) in [6.45, 7) is 4.00. The third-order valence-corrected chi connectivity index (χ3v) is 4.83. The highest BCUT2D eigenvalue weighted by atomic mass is 32.2. The van der Waals surface area contributed by atoms with E-state index in [2.05, 4.69) is 9.89 Å². The molecule has 102 valence electrons. The van der Waals surface area contributed by atoms with Crippen LogP contribution in [0.1, 0.15) is 21.9 Å². The molecule has 1 aromatic rings. The van der Waals surface area contributed by atoms with Crippen LogP contribution in [0.25, 0.3) is 0 Å². The number of amidine groups is 1. The van der Waals surface area contributed by atoms with Crippen LogP contribution in [0.3, 0.4) is 0 Å². The zero-order valence-corrected chi connectivity index (χ0v) is 11.2. The van der Waals surface area contributed by atoms with E-state index in [0.29, 0.717) is 5.56 Å². The summed E-state index contributed by atoms with van der Waals surface area (Å²) in [5, 5.41) is 1.03. The number of thioether (sulfide) groups is 1. The molecule has 0 aromatic heterocycles. The Morgan fingerprint density at radius 1 is 1.37 bits per heavy atom. The molecule has 2 heterocycles. The first-order chi connectivity index (χ1) is 8.97. The fourth-order valence-corrected chi connectivity index (χ4v) is 3.95. The van der Waals surface area contributed by atoms with Crippen molar-refractivity contribution in [2.45, 2.75) is 18.3 Å². The Morgan fingerprint density at radius 2 is 2.16 bits per heavy atom. The molecule has 1 aromatic carbocycles. The zero-order valence-electron chi connectivity index (χ0n) is 10.4. The molecule has 0 amide bonds. The Balaban J connectivity index is 1.94. The van der Waals surface area contributed by atoms with Crippen molar-refractivity contribution in [2.75, 3.05) is 19.6 Å². The Hall–Kier alpha value is -1.17. The molecule has 2 aliphatic heterocycles. The lowest BCUT2D eigenvalue weighted by atomic mass is 9.99. The van der Waals surface area contributed by atoms with E-state index in [1.54, 1.807) is 24.8 Å². The Kier molecular flexibility index (Phi) is 3.00. The van der Waals surface area contributed by atoms with Gasteiger partial charge in [-0.15, -0.1) is 0 Å². The highest BCUT2D eigenvalue weighted by molar-refractivity contribution is 8.14. The summed E-state index contributed by atoms with van der Waals surface area (Å²) in [7, 11) is 0. The number of alkyl halides is 3. The topological polar surface area (TPSA) is 15.6 Å². The summed E-state index contributed by atoms with van der Waals surface area (Å²) in [6.07, 6.45) is -4.28. The van der Waals surface area contributed by atoms with Crippen LogP contribution >= 0.6 is 11.8 Å². The quantitative estimate of drug-likeness (QED) is 0.785. The predicted octanol–water partition coefficient (Wildman–Crippen LogP) is 3.47. The minimum absolute atomic E-state index is 0.0568. The largest absolute Gasteiger partial charge is 0.416 e. The fraction of sp³-hybridized carbons (Fsp3) is 0.462. The van der Waals surface area contributed by atoms with Crippen LogP contribution in [-0.2, 0) is 6.18 Å². The van der Waals surface area contributed by atoms with Crippen LogP contribution in [0.2, 0.25) is 0 Å². The normalized spacial score (nSPS) is 22.6. The molecule has 1 atom stereocenters. The lowest BCUT2D eigenvalue weighted by Crippen LogP contribution is -2.21. The molecular weight excluding hydrogens is 273 g/mol. The van der Waals surface area contributed by atoms with Gasteiger partial charge in [-0.25, -0.2) is 0 Å². The SMILES string of the molecule is Cc1c(C2CN3CCN=C3S2)cccc1C(F)(F)F. The van der Waals surface area contributed by atoms with Gasteiger partial charge in [-0.3, -0.25) is 4.99 Å². The van der Waals surface area contributed by atoms with Crippen molar-refractivity contribution in [3.63, 3.8) is 0 Å². The minimum atomic E-state index is -4.28. The van der Waals surface area contributed by atoms with Gasteiger partial charge in [0.2, 0.25) is 0 Å². The molecule has 0 spiro atoms. The number of halogens is 3.